The molecule has 0 spiro atoms. The topological polar surface area (TPSA) is 12.0 Å². The molecule has 0 saturated heterocycles. The summed E-state index contributed by atoms with van der Waals surface area (Å²) in [5.41, 5.74) is 6.07. The number of hydrogen-bond donors (Lipinski definition) is 1. The van der Waals surface area contributed by atoms with Crippen LogP contribution in [0.25, 0.3) is 5.57 Å². The molecule has 1 aliphatic heterocycles. The van der Waals surface area contributed by atoms with Crippen LogP contribution < -0.4 is 5.32 Å². The molecule has 1 N–H and O–H groups in total. The monoisotopic (exact) mass is 199 g/mol. The van der Waals surface area contributed by atoms with Crippen LogP contribution >= 0.6 is 0 Å². The minimum Gasteiger partial charge on any atom is -0.312 e. The van der Waals surface area contributed by atoms with E-state index in [2.05, 4.69) is 29.6 Å². The first kappa shape index (κ1) is 9.17. The summed E-state index contributed by atoms with van der Waals surface area (Å²) in [6, 6.07) is 7.03. The van der Waals surface area contributed by atoms with E-state index in [1.165, 1.54) is 36.8 Å². The van der Waals surface area contributed by atoms with Crippen molar-refractivity contribution < 1.29 is 0 Å². The molecule has 2 aliphatic rings. The standard InChI is InChI=1S/C14H17N/c1-3-11-6-7-13(9-12(11)4-1)14-5-2-8-15-10-14/h5-7,9,15H,1-4,8,10H2. The molecular weight excluding hydrogens is 182 g/mol. The van der Waals surface area contributed by atoms with Crippen molar-refractivity contribution in [2.45, 2.75) is 25.7 Å². The lowest BCUT2D eigenvalue weighted by Gasteiger charge is -2.15. The van der Waals surface area contributed by atoms with Crippen LogP contribution in [0, 0.1) is 0 Å². The molecule has 0 saturated carbocycles. The van der Waals surface area contributed by atoms with Gasteiger partial charge in [-0.2, -0.15) is 0 Å². The van der Waals surface area contributed by atoms with Gasteiger partial charge in [-0.3, -0.25) is 0 Å². The minimum atomic E-state index is 1.04. The zero-order valence-electron chi connectivity index (χ0n) is 9.05. The Labute approximate surface area is 91.2 Å². The molecule has 0 amide bonds. The van der Waals surface area contributed by atoms with E-state index in [1.807, 2.05) is 0 Å². The molecule has 78 valence electrons. The SMILES string of the molecule is C1=C(c2ccc3c(c2)CCC3)CNCC1. The van der Waals surface area contributed by atoms with E-state index < -0.39 is 0 Å². The first-order valence-electron chi connectivity index (χ1n) is 5.95. The van der Waals surface area contributed by atoms with Crippen molar-refractivity contribution in [2.75, 3.05) is 13.1 Å². The van der Waals surface area contributed by atoms with Gasteiger partial charge in [0.05, 0.1) is 0 Å². The Hall–Kier alpha value is -1.08. The second-order valence-corrected chi connectivity index (χ2v) is 4.53. The number of nitrogens with one attached hydrogen (secondary N) is 1. The fourth-order valence-electron chi connectivity index (χ4n) is 2.64. The van der Waals surface area contributed by atoms with Crippen LogP contribution in [0.5, 0.6) is 0 Å². The first-order chi connectivity index (χ1) is 7.43. The molecule has 0 unspecified atom stereocenters. The molecule has 0 fully saturated rings. The highest BCUT2D eigenvalue weighted by Gasteiger charge is 2.12. The Morgan fingerprint density at radius 1 is 1.07 bits per heavy atom. The Kier molecular flexibility index (Phi) is 2.34. The summed E-state index contributed by atoms with van der Waals surface area (Å²) in [5, 5.41) is 3.43. The van der Waals surface area contributed by atoms with Gasteiger partial charge in [-0.25, -0.2) is 0 Å². The second kappa shape index (κ2) is 3.82. The lowest BCUT2D eigenvalue weighted by molar-refractivity contribution is 0.739. The van der Waals surface area contributed by atoms with Gasteiger partial charge in [-0.15, -0.1) is 0 Å². The summed E-state index contributed by atoms with van der Waals surface area (Å²) in [4.78, 5) is 0. The van der Waals surface area contributed by atoms with E-state index in [0.717, 1.165) is 13.1 Å². The zero-order valence-corrected chi connectivity index (χ0v) is 9.05. The van der Waals surface area contributed by atoms with Crippen LogP contribution in [-0.2, 0) is 12.8 Å². The molecule has 0 aromatic heterocycles. The normalized spacial score (nSPS) is 19.9. The number of fused-ring (bicyclic) bond motifs is 1. The predicted molar refractivity (Wildman–Crippen MR) is 63.9 cm³/mol. The fourth-order valence-corrected chi connectivity index (χ4v) is 2.64. The van der Waals surface area contributed by atoms with Gasteiger partial charge in [0.15, 0.2) is 0 Å². The van der Waals surface area contributed by atoms with E-state index in [-0.39, 0.29) is 0 Å². The summed E-state index contributed by atoms with van der Waals surface area (Å²) in [6.45, 7) is 2.17. The van der Waals surface area contributed by atoms with E-state index in [9.17, 15) is 0 Å². The van der Waals surface area contributed by atoms with Crippen molar-refractivity contribution in [3.63, 3.8) is 0 Å². The number of hydrogen-bond acceptors (Lipinski definition) is 1. The Bertz CT molecular complexity index is 404. The number of benzene rings is 1. The minimum absolute atomic E-state index is 1.04. The van der Waals surface area contributed by atoms with Gasteiger partial charge < -0.3 is 5.32 Å². The Balaban J connectivity index is 1.95. The van der Waals surface area contributed by atoms with Crippen LogP contribution in [0.3, 0.4) is 0 Å². The van der Waals surface area contributed by atoms with Gasteiger partial charge in [0.2, 0.25) is 0 Å². The van der Waals surface area contributed by atoms with Gasteiger partial charge in [0.25, 0.3) is 0 Å². The van der Waals surface area contributed by atoms with Gasteiger partial charge in [0.1, 0.15) is 0 Å². The van der Waals surface area contributed by atoms with Crippen LogP contribution in [0.2, 0.25) is 0 Å². The van der Waals surface area contributed by atoms with Crippen molar-refractivity contribution >= 4 is 5.57 Å². The third kappa shape index (κ3) is 1.72. The molecule has 3 rings (SSSR count). The molecule has 0 atom stereocenters. The smallest absolute Gasteiger partial charge is 0.0208 e. The van der Waals surface area contributed by atoms with E-state index in [1.54, 1.807) is 11.1 Å². The third-order valence-electron chi connectivity index (χ3n) is 3.50. The summed E-state index contributed by atoms with van der Waals surface area (Å²) in [7, 11) is 0. The molecule has 0 bridgehead atoms. The van der Waals surface area contributed by atoms with Crippen molar-refractivity contribution in [1.29, 1.82) is 0 Å². The maximum absolute atomic E-state index is 3.43. The maximum atomic E-state index is 3.43. The number of aryl methyl sites for hydroxylation is 2. The molecule has 1 aromatic carbocycles. The highest BCUT2D eigenvalue weighted by atomic mass is 14.9. The van der Waals surface area contributed by atoms with Crippen molar-refractivity contribution in [3.8, 4) is 0 Å². The van der Waals surface area contributed by atoms with Crippen LogP contribution in [-0.4, -0.2) is 13.1 Å². The largest absolute Gasteiger partial charge is 0.312 e. The van der Waals surface area contributed by atoms with Crippen molar-refractivity contribution in [2.24, 2.45) is 0 Å². The number of rotatable bonds is 1. The van der Waals surface area contributed by atoms with E-state index in [0.29, 0.717) is 0 Å². The third-order valence-corrected chi connectivity index (χ3v) is 3.50. The molecule has 0 radical (unpaired) electrons. The molecule has 1 aliphatic carbocycles. The molecule has 1 nitrogen and oxygen atoms in total. The molecule has 1 heteroatoms. The Morgan fingerprint density at radius 2 is 2.00 bits per heavy atom. The molecule has 1 aromatic rings. The lowest BCUT2D eigenvalue weighted by Crippen LogP contribution is -2.21. The molecular formula is C14H17N. The predicted octanol–water partition coefficient (Wildman–Crippen LogP) is 2.55. The van der Waals surface area contributed by atoms with Crippen LogP contribution in [0.1, 0.15) is 29.5 Å². The molecule has 1 heterocycles. The lowest BCUT2D eigenvalue weighted by atomic mass is 9.98. The average Bonchev–Trinajstić information content (AvgIpc) is 2.77. The maximum Gasteiger partial charge on any atom is 0.0208 e. The highest BCUT2D eigenvalue weighted by molar-refractivity contribution is 5.68. The summed E-state index contributed by atoms with van der Waals surface area (Å²) in [6.07, 6.45) is 7.46. The van der Waals surface area contributed by atoms with E-state index >= 15 is 0 Å². The van der Waals surface area contributed by atoms with E-state index in [4.69, 9.17) is 0 Å². The van der Waals surface area contributed by atoms with Crippen molar-refractivity contribution in [1.82, 2.24) is 5.32 Å². The van der Waals surface area contributed by atoms with Gasteiger partial charge in [-0.05, 0) is 54.5 Å². The van der Waals surface area contributed by atoms with Gasteiger partial charge in [-0.1, -0.05) is 24.3 Å². The van der Waals surface area contributed by atoms with Crippen LogP contribution in [0.4, 0.5) is 0 Å². The Morgan fingerprint density at radius 3 is 2.87 bits per heavy atom. The summed E-state index contributed by atoms with van der Waals surface area (Å²) >= 11 is 0. The van der Waals surface area contributed by atoms with Gasteiger partial charge in [0, 0.05) is 6.54 Å². The van der Waals surface area contributed by atoms with Gasteiger partial charge >= 0.3 is 0 Å². The zero-order chi connectivity index (χ0) is 10.1. The first-order valence-corrected chi connectivity index (χ1v) is 5.95. The average molecular weight is 199 g/mol. The highest BCUT2D eigenvalue weighted by Crippen LogP contribution is 2.26. The van der Waals surface area contributed by atoms with Crippen molar-refractivity contribution in [3.05, 3.63) is 41.0 Å². The fraction of sp³-hybridized carbons (Fsp3) is 0.429. The summed E-state index contributed by atoms with van der Waals surface area (Å²) < 4.78 is 0. The second-order valence-electron chi connectivity index (χ2n) is 4.53. The molecule has 15 heavy (non-hydrogen) atoms. The van der Waals surface area contributed by atoms with Crippen LogP contribution in [0.15, 0.2) is 24.3 Å². The quantitative estimate of drug-likeness (QED) is 0.733. The summed E-state index contributed by atoms with van der Waals surface area (Å²) in [5.74, 6) is 0.